The smallest absolute Gasteiger partial charge is 0.244 e. The molecule has 1 aromatic heterocycles. The summed E-state index contributed by atoms with van der Waals surface area (Å²) >= 11 is 12.2. The van der Waals surface area contributed by atoms with Gasteiger partial charge < -0.3 is 15.2 Å². The fourth-order valence-electron chi connectivity index (χ4n) is 3.32. The summed E-state index contributed by atoms with van der Waals surface area (Å²) in [5.74, 6) is 0.669. The van der Waals surface area contributed by atoms with E-state index in [1.165, 1.54) is 0 Å². The zero-order chi connectivity index (χ0) is 20.5. The van der Waals surface area contributed by atoms with Crippen molar-refractivity contribution >= 4 is 23.2 Å². The fraction of sp³-hybridized carbons (Fsp3) is 0.143. The molecule has 29 heavy (non-hydrogen) atoms. The Hall–Kier alpha value is -3.14. The first-order chi connectivity index (χ1) is 14.0. The molecule has 6 nitrogen and oxygen atoms in total. The number of rotatable bonds is 4. The van der Waals surface area contributed by atoms with E-state index in [-0.39, 0.29) is 12.5 Å². The Balaban J connectivity index is 1.66. The minimum atomic E-state index is -0.398. The maximum Gasteiger partial charge on any atom is 0.244 e. The number of aromatic amines is 1. The van der Waals surface area contributed by atoms with Crippen molar-refractivity contribution in [2.75, 3.05) is 0 Å². The molecule has 0 bridgehead atoms. The van der Waals surface area contributed by atoms with Crippen molar-refractivity contribution in [3.05, 3.63) is 86.4 Å². The second-order valence-electron chi connectivity index (χ2n) is 6.59. The maximum absolute atomic E-state index is 9.67. The molecule has 4 rings (SSSR count). The van der Waals surface area contributed by atoms with Crippen LogP contribution >= 0.6 is 23.2 Å². The van der Waals surface area contributed by atoms with Crippen LogP contribution in [0.1, 0.15) is 28.3 Å². The van der Waals surface area contributed by atoms with Crippen LogP contribution in [0.3, 0.4) is 0 Å². The largest absolute Gasteiger partial charge is 0.489 e. The van der Waals surface area contributed by atoms with E-state index in [4.69, 9.17) is 38.4 Å². The number of fused-ring (bicyclic) bond motifs is 1. The summed E-state index contributed by atoms with van der Waals surface area (Å²) in [4.78, 5) is 0. The highest BCUT2D eigenvalue weighted by Gasteiger charge is 2.34. The minimum absolute atomic E-state index is 0.0516. The molecular weight excluding hydrogens is 411 g/mol. The number of nitriles is 1. The lowest BCUT2D eigenvalue weighted by molar-refractivity contribution is 0.306. The predicted octanol–water partition coefficient (Wildman–Crippen LogP) is 4.82. The number of H-pyrrole nitrogens is 1. The average Bonchev–Trinajstić information content (AvgIpc) is 3.06. The van der Waals surface area contributed by atoms with Gasteiger partial charge in [-0.1, -0.05) is 41.4 Å². The number of hydrogen-bond donors (Lipinski definition) is 2. The Kier molecular flexibility index (Phi) is 5.10. The van der Waals surface area contributed by atoms with Gasteiger partial charge in [-0.15, -0.1) is 5.10 Å². The van der Waals surface area contributed by atoms with Gasteiger partial charge in [-0.05, 0) is 36.8 Å². The second kappa shape index (κ2) is 7.70. The van der Waals surface area contributed by atoms with Crippen LogP contribution in [0.4, 0.5) is 0 Å². The molecular formula is C21H16Cl2N4O2. The van der Waals surface area contributed by atoms with Crippen LogP contribution in [0.15, 0.2) is 53.9 Å². The molecule has 0 spiro atoms. The van der Waals surface area contributed by atoms with Gasteiger partial charge >= 0.3 is 0 Å². The number of nitrogens with zero attached hydrogens (tertiary/aromatic N) is 2. The number of aromatic nitrogens is 2. The molecule has 0 saturated heterocycles. The predicted molar refractivity (Wildman–Crippen MR) is 110 cm³/mol. The fourth-order valence-corrected chi connectivity index (χ4v) is 3.78. The molecule has 3 aromatic rings. The van der Waals surface area contributed by atoms with Crippen LogP contribution in [0.5, 0.6) is 11.6 Å². The third kappa shape index (κ3) is 3.63. The lowest BCUT2D eigenvalue weighted by Gasteiger charge is -2.24. The number of aryl methyl sites for hydroxylation is 1. The van der Waals surface area contributed by atoms with E-state index in [1.807, 2.05) is 37.3 Å². The maximum atomic E-state index is 9.67. The van der Waals surface area contributed by atoms with Gasteiger partial charge in [0, 0.05) is 26.9 Å². The monoisotopic (exact) mass is 426 g/mol. The van der Waals surface area contributed by atoms with Crippen molar-refractivity contribution in [1.82, 2.24) is 10.2 Å². The highest BCUT2D eigenvalue weighted by atomic mass is 35.5. The van der Waals surface area contributed by atoms with E-state index in [0.717, 1.165) is 22.4 Å². The van der Waals surface area contributed by atoms with Crippen LogP contribution in [-0.4, -0.2) is 10.2 Å². The van der Waals surface area contributed by atoms with Crippen molar-refractivity contribution in [2.24, 2.45) is 5.73 Å². The number of hydrogen-bond acceptors (Lipinski definition) is 5. The topological polar surface area (TPSA) is 97.0 Å². The Morgan fingerprint density at radius 2 is 2.10 bits per heavy atom. The van der Waals surface area contributed by atoms with Crippen molar-refractivity contribution in [1.29, 1.82) is 5.26 Å². The molecule has 0 fully saturated rings. The number of allylic oxidation sites excluding steroid dienone is 1. The third-order valence-electron chi connectivity index (χ3n) is 4.73. The number of halogens is 2. The van der Waals surface area contributed by atoms with E-state index in [2.05, 4.69) is 16.3 Å². The lowest BCUT2D eigenvalue weighted by atomic mass is 9.84. The third-order valence-corrected chi connectivity index (χ3v) is 5.32. The number of ether oxygens (including phenoxy) is 2. The zero-order valence-electron chi connectivity index (χ0n) is 15.4. The molecule has 146 valence electrons. The standard InChI is InChI=1S/C21H16Cl2N4O2/c1-11-18-19(16(9-24)20(25)29-21(18)27-26-11)12-3-2-4-15(7-12)28-10-13-5-6-14(22)8-17(13)23/h2-8,19H,10,25H2,1H3,(H,26,27). The highest BCUT2D eigenvalue weighted by Crippen LogP contribution is 2.43. The van der Waals surface area contributed by atoms with Gasteiger partial charge in [-0.25, -0.2) is 0 Å². The number of nitrogens with two attached hydrogens (primary N) is 1. The normalized spacial score (nSPS) is 15.4. The van der Waals surface area contributed by atoms with Gasteiger partial charge in [-0.3, -0.25) is 5.10 Å². The molecule has 2 heterocycles. The van der Waals surface area contributed by atoms with Crippen LogP contribution in [0.25, 0.3) is 0 Å². The molecule has 1 aliphatic heterocycles. The Labute approximate surface area is 177 Å². The number of nitrogens with one attached hydrogen (secondary N) is 1. The highest BCUT2D eigenvalue weighted by molar-refractivity contribution is 6.35. The molecule has 3 N–H and O–H groups in total. The molecule has 8 heteroatoms. The summed E-state index contributed by atoms with van der Waals surface area (Å²) in [6.07, 6.45) is 0. The summed E-state index contributed by atoms with van der Waals surface area (Å²) < 4.78 is 11.4. The van der Waals surface area contributed by atoms with Gasteiger partial charge in [0.15, 0.2) is 0 Å². The van der Waals surface area contributed by atoms with Crippen molar-refractivity contribution in [3.63, 3.8) is 0 Å². The SMILES string of the molecule is Cc1[nH]nc2c1C(c1cccc(OCc3ccc(Cl)cc3Cl)c1)C(C#N)=C(N)O2. The summed E-state index contributed by atoms with van der Waals surface area (Å²) in [6.45, 7) is 2.16. The molecule has 0 radical (unpaired) electrons. The van der Waals surface area contributed by atoms with Crippen LogP contribution in [0.2, 0.25) is 10.0 Å². The summed E-state index contributed by atoms with van der Waals surface area (Å²) in [5, 5.41) is 17.8. The molecule has 1 atom stereocenters. The van der Waals surface area contributed by atoms with Gasteiger partial charge in [0.25, 0.3) is 0 Å². The van der Waals surface area contributed by atoms with Gasteiger partial charge in [0.2, 0.25) is 11.8 Å². The first-order valence-corrected chi connectivity index (χ1v) is 9.52. The molecule has 0 aliphatic carbocycles. The van der Waals surface area contributed by atoms with E-state index < -0.39 is 5.92 Å². The second-order valence-corrected chi connectivity index (χ2v) is 7.43. The van der Waals surface area contributed by atoms with Crippen LogP contribution in [-0.2, 0) is 6.61 Å². The van der Waals surface area contributed by atoms with Gasteiger partial charge in [0.1, 0.15) is 24.0 Å². The van der Waals surface area contributed by atoms with E-state index in [1.54, 1.807) is 12.1 Å². The van der Waals surface area contributed by atoms with Crippen molar-refractivity contribution < 1.29 is 9.47 Å². The summed E-state index contributed by atoms with van der Waals surface area (Å²) in [5.41, 5.74) is 9.56. The zero-order valence-corrected chi connectivity index (χ0v) is 16.9. The Morgan fingerprint density at radius 3 is 2.86 bits per heavy atom. The van der Waals surface area contributed by atoms with Crippen LogP contribution in [0, 0.1) is 18.3 Å². The molecule has 1 unspecified atom stereocenters. The lowest BCUT2D eigenvalue weighted by Crippen LogP contribution is -2.21. The Bertz CT molecular complexity index is 1160. The number of benzene rings is 2. The Morgan fingerprint density at radius 1 is 1.28 bits per heavy atom. The molecule has 0 amide bonds. The van der Waals surface area contributed by atoms with E-state index >= 15 is 0 Å². The molecule has 0 saturated carbocycles. The first-order valence-electron chi connectivity index (χ1n) is 8.77. The first kappa shape index (κ1) is 19.2. The van der Waals surface area contributed by atoms with E-state index in [9.17, 15) is 5.26 Å². The minimum Gasteiger partial charge on any atom is -0.489 e. The van der Waals surface area contributed by atoms with Crippen molar-refractivity contribution in [2.45, 2.75) is 19.4 Å². The summed E-state index contributed by atoms with van der Waals surface area (Å²) in [6, 6.07) is 14.9. The van der Waals surface area contributed by atoms with Crippen molar-refractivity contribution in [3.8, 4) is 17.7 Å². The summed E-state index contributed by atoms with van der Waals surface area (Å²) in [7, 11) is 0. The molecule has 1 aliphatic rings. The van der Waals surface area contributed by atoms with Crippen LogP contribution < -0.4 is 15.2 Å². The average molecular weight is 427 g/mol. The van der Waals surface area contributed by atoms with Gasteiger partial charge in [-0.2, -0.15) is 5.26 Å². The quantitative estimate of drug-likeness (QED) is 0.622. The van der Waals surface area contributed by atoms with E-state index in [0.29, 0.717) is 27.2 Å². The van der Waals surface area contributed by atoms with Gasteiger partial charge in [0.05, 0.1) is 5.92 Å². The molecule has 2 aromatic carbocycles.